The Balaban J connectivity index is 1.72. The maximum Gasteiger partial charge on any atom is 0.162 e. The molecule has 2 aromatic rings. The molecule has 0 fully saturated rings. The van der Waals surface area contributed by atoms with Gasteiger partial charge in [0.05, 0.1) is 0 Å². The standard InChI is InChI=1S/C17H15BrO4/c1-11(19)12-2-4-14(5-3-12)22-10-13-8-16-17(9-15(13)18)21-7-6-20-16/h2-5,8-9H,6-7,10H2,1H3. The quantitative estimate of drug-likeness (QED) is 0.771. The van der Waals surface area contributed by atoms with E-state index in [1.165, 1.54) is 0 Å². The Morgan fingerprint density at radius 3 is 2.41 bits per heavy atom. The number of hydrogen-bond donors (Lipinski definition) is 0. The predicted octanol–water partition coefficient (Wildman–Crippen LogP) is 4.00. The van der Waals surface area contributed by atoms with E-state index in [0.29, 0.717) is 31.1 Å². The third-order valence-electron chi connectivity index (χ3n) is 3.37. The molecule has 3 rings (SSSR count). The topological polar surface area (TPSA) is 44.8 Å². The van der Waals surface area contributed by atoms with Gasteiger partial charge in [-0.05, 0) is 43.3 Å². The van der Waals surface area contributed by atoms with Crippen molar-refractivity contribution in [3.05, 3.63) is 52.0 Å². The van der Waals surface area contributed by atoms with Crippen LogP contribution in [0.25, 0.3) is 0 Å². The van der Waals surface area contributed by atoms with Crippen molar-refractivity contribution in [1.29, 1.82) is 0 Å². The summed E-state index contributed by atoms with van der Waals surface area (Å²) in [6.07, 6.45) is 0. The molecule has 22 heavy (non-hydrogen) atoms. The Hall–Kier alpha value is -2.01. The van der Waals surface area contributed by atoms with Crippen LogP contribution >= 0.6 is 15.9 Å². The number of carbonyl (C=O) groups is 1. The molecule has 0 saturated heterocycles. The number of halogens is 1. The SMILES string of the molecule is CC(=O)c1ccc(OCc2cc3c(cc2Br)OCCO3)cc1. The van der Waals surface area contributed by atoms with Crippen molar-refractivity contribution >= 4 is 21.7 Å². The number of ketones is 1. The van der Waals surface area contributed by atoms with Gasteiger partial charge in [-0.25, -0.2) is 0 Å². The van der Waals surface area contributed by atoms with Gasteiger partial charge < -0.3 is 14.2 Å². The number of hydrogen-bond acceptors (Lipinski definition) is 4. The van der Waals surface area contributed by atoms with Crippen molar-refractivity contribution < 1.29 is 19.0 Å². The first kappa shape index (κ1) is 14.9. The lowest BCUT2D eigenvalue weighted by molar-refractivity contribution is 0.101. The maximum absolute atomic E-state index is 11.2. The van der Waals surface area contributed by atoms with Gasteiger partial charge in [0, 0.05) is 15.6 Å². The van der Waals surface area contributed by atoms with E-state index in [1.54, 1.807) is 31.2 Å². The summed E-state index contributed by atoms with van der Waals surface area (Å²) in [6, 6.07) is 10.9. The van der Waals surface area contributed by atoms with Crippen molar-refractivity contribution in [2.75, 3.05) is 13.2 Å². The van der Waals surface area contributed by atoms with E-state index in [2.05, 4.69) is 15.9 Å². The summed E-state index contributed by atoms with van der Waals surface area (Å²) in [6.45, 7) is 3.07. The van der Waals surface area contributed by atoms with E-state index in [4.69, 9.17) is 14.2 Å². The summed E-state index contributed by atoms with van der Waals surface area (Å²) in [5, 5.41) is 0. The van der Waals surface area contributed by atoms with Gasteiger partial charge in [-0.1, -0.05) is 15.9 Å². The summed E-state index contributed by atoms with van der Waals surface area (Å²) < 4.78 is 17.8. The largest absolute Gasteiger partial charge is 0.489 e. The first-order chi connectivity index (χ1) is 10.6. The fourth-order valence-electron chi connectivity index (χ4n) is 2.16. The van der Waals surface area contributed by atoms with Crippen LogP contribution in [0.5, 0.6) is 17.2 Å². The summed E-state index contributed by atoms with van der Waals surface area (Å²) in [5.41, 5.74) is 1.65. The Morgan fingerprint density at radius 2 is 1.77 bits per heavy atom. The minimum Gasteiger partial charge on any atom is -0.489 e. The molecular weight excluding hydrogens is 348 g/mol. The van der Waals surface area contributed by atoms with E-state index in [9.17, 15) is 4.79 Å². The summed E-state index contributed by atoms with van der Waals surface area (Å²) in [7, 11) is 0. The van der Waals surface area contributed by atoms with Gasteiger partial charge in [-0.2, -0.15) is 0 Å². The second-order valence-electron chi connectivity index (χ2n) is 4.96. The van der Waals surface area contributed by atoms with Crippen LogP contribution in [0.2, 0.25) is 0 Å². The van der Waals surface area contributed by atoms with Crippen LogP contribution in [0.4, 0.5) is 0 Å². The normalized spacial score (nSPS) is 12.8. The molecule has 0 aromatic heterocycles. The zero-order valence-corrected chi connectivity index (χ0v) is 13.7. The van der Waals surface area contributed by atoms with Gasteiger partial charge in [0.15, 0.2) is 17.3 Å². The number of ether oxygens (including phenoxy) is 3. The lowest BCUT2D eigenvalue weighted by Gasteiger charge is -2.20. The van der Waals surface area contributed by atoms with Crippen LogP contribution in [0.3, 0.4) is 0 Å². The molecule has 0 saturated carbocycles. The molecule has 0 aliphatic carbocycles. The fourth-order valence-corrected chi connectivity index (χ4v) is 2.60. The molecule has 2 aromatic carbocycles. The second kappa shape index (κ2) is 6.40. The van der Waals surface area contributed by atoms with Crippen LogP contribution in [0.15, 0.2) is 40.9 Å². The van der Waals surface area contributed by atoms with Crippen molar-refractivity contribution in [3.8, 4) is 17.2 Å². The number of carbonyl (C=O) groups excluding carboxylic acids is 1. The number of Topliss-reactive ketones (excluding diaryl/α,β-unsaturated/α-hetero) is 1. The molecular formula is C17H15BrO4. The molecule has 0 radical (unpaired) electrons. The van der Waals surface area contributed by atoms with E-state index < -0.39 is 0 Å². The molecule has 0 spiro atoms. The van der Waals surface area contributed by atoms with Gasteiger partial charge in [-0.15, -0.1) is 0 Å². The molecule has 0 N–H and O–H groups in total. The van der Waals surface area contributed by atoms with Crippen molar-refractivity contribution in [2.45, 2.75) is 13.5 Å². The van der Waals surface area contributed by atoms with E-state index in [1.807, 2.05) is 12.1 Å². The minimum atomic E-state index is 0.0427. The van der Waals surface area contributed by atoms with Gasteiger partial charge in [-0.3, -0.25) is 4.79 Å². The minimum absolute atomic E-state index is 0.0427. The summed E-state index contributed by atoms with van der Waals surface area (Å²) >= 11 is 3.52. The number of benzene rings is 2. The van der Waals surface area contributed by atoms with Crippen molar-refractivity contribution in [1.82, 2.24) is 0 Å². The lowest BCUT2D eigenvalue weighted by atomic mass is 10.1. The second-order valence-corrected chi connectivity index (χ2v) is 5.81. The Kier molecular flexibility index (Phi) is 4.34. The van der Waals surface area contributed by atoms with Crippen LogP contribution in [-0.4, -0.2) is 19.0 Å². The number of rotatable bonds is 4. The smallest absolute Gasteiger partial charge is 0.162 e. The Bertz CT molecular complexity index is 695. The maximum atomic E-state index is 11.2. The van der Waals surface area contributed by atoms with Crippen LogP contribution in [0, 0.1) is 0 Å². The van der Waals surface area contributed by atoms with Crippen molar-refractivity contribution in [3.63, 3.8) is 0 Å². The monoisotopic (exact) mass is 362 g/mol. The zero-order chi connectivity index (χ0) is 15.5. The molecule has 4 nitrogen and oxygen atoms in total. The summed E-state index contributed by atoms with van der Waals surface area (Å²) in [4.78, 5) is 11.2. The molecule has 114 valence electrons. The average molecular weight is 363 g/mol. The van der Waals surface area contributed by atoms with E-state index >= 15 is 0 Å². The first-order valence-electron chi connectivity index (χ1n) is 6.95. The summed E-state index contributed by atoms with van der Waals surface area (Å²) in [5.74, 6) is 2.24. The highest BCUT2D eigenvalue weighted by molar-refractivity contribution is 9.10. The Morgan fingerprint density at radius 1 is 1.14 bits per heavy atom. The molecule has 0 bridgehead atoms. The van der Waals surface area contributed by atoms with Crippen LogP contribution in [-0.2, 0) is 6.61 Å². The highest BCUT2D eigenvalue weighted by Crippen LogP contribution is 2.35. The van der Waals surface area contributed by atoms with E-state index in [-0.39, 0.29) is 5.78 Å². The molecule has 0 unspecified atom stereocenters. The zero-order valence-electron chi connectivity index (χ0n) is 12.1. The number of fused-ring (bicyclic) bond motifs is 1. The molecule has 0 atom stereocenters. The molecule has 1 aliphatic heterocycles. The van der Waals surface area contributed by atoms with Crippen molar-refractivity contribution in [2.24, 2.45) is 0 Å². The molecule has 1 aliphatic rings. The average Bonchev–Trinajstić information content (AvgIpc) is 2.53. The van der Waals surface area contributed by atoms with Gasteiger partial charge in [0.1, 0.15) is 25.6 Å². The van der Waals surface area contributed by atoms with E-state index in [0.717, 1.165) is 21.5 Å². The Labute approximate surface area is 137 Å². The highest BCUT2D eigenvalue weighted by Gasteiger charge is 2.15. The highest BCUT2D eigenvalue weighted by atomic mass is 79.9. The lowest BCUT2D eigenvalue weighted by Crippen LogP contribution is -2.15. The molecule has 5 heteroatoms. The van der Waals surface area contributed by atoms with Crippen LogP contribution < -0.4 is 14.2 Å². The third kappa shape index (κ3) is 3.25. The molecule has 0 amide bonds. The van der Waals surface area contributed by atoms with Gasteiger partial charge >= 0.3 is 0 Å². The van der Waals surface area contributed by atoms with Gasteiger partial charge in [0.25, 0.3) is 0 Å². The fraction of sp³-hybridized carbons (Fsp3) is 0.235. The third-order valence-corrected chi connectivity index (χ3v) is 4.10. The van der Waals surface area contributed by atoms with Gasteiger partial charge in [0.2, 0.25) is 0 Å². The first-order valence-corrected chi connectivity index (χ1v) is 7.74. The predicted molar refractivity (Wildman–Crippen MR) is 85.9 cm³/mol. The molecule has 1 heterocycles. The van der Waals surface area contributed by atoms with Crippen LogP contribution in [0.1, 0.15) is 22.8 Å².